The fourth-order valence-electron chi connectivity index (χ4n) is 4.47. The Kier molecular flexibility index (Phi) is 7.66. The first-order valence-electron chi connectivity index (χ1n) is 11.5. The van der Waals surface area contributed by atoms with Crippen molar-refractivity contribution in [3.63, 3.8) is 0 Å². The number of aliphatic hydroxyl groups excluding tert-OH is 3. The zero-order chi connectivity index (χ0) is 23.8. The predicted octanol–water partition coefficient (Wildman–Crippen LogP) is 1.38. The molecular weight excluding hydrogens is 418 g/mol. The number of cyclic esters (lactones) is 1. The van der Waals surface area contributed by atoms with E-state index in [4.69, 9.17) is 14.2 Å². The van der Waals surface area contributed by atoms with Crippen molar-refractivity contribution < 1.29 is 39.1 Å². The maximum Gasteiger partial charge on any atom is 0.417 e. The molecule has 0 aromatic heterocycles. The molecule has 0 aromatic rings. The van der Waals surface area contributed by atoms with Crippen LogP contribution >= 0.6 is 0 Å². The highest BCUT2D eigenvalue weighted by atomic mass is 16.6. The van der Waals surface area contributed by atoms with Gasteiger partial charge in [-0.05, 0) is 40.0 Å². The first-order valence-corrected chi connectivity index (χ1v) is 11.5. The number of nitrogens with zero attached hydrogens (tertiary/aromatic N) is 1. The van der Waals surface area contributed by atoms with E-state index in [1.165, 1.54) is 6.08 Å². The maximum absolute atomic E-state index is 12.6. The molecule has 0 saturated carbocycles. The lowest BCUT2D eigenvalue weighted by Crippen LogP contribution is -2.50. The van der Waals surface area contributed by atoms with E-state index in [-0.39, 0.29) is 43.6 Å². The van der Waals surface area contributed by atoms with Crippen LogP contribution in [0, 0.1) is 11.8 Å². The van der Waals surface area contributed by atoms with Gasteiger partial charge in [-0.15, -0.1) is 0 Å². The molecule has 0 bridgehead atoms. The first kappa shape index (κ1) is 25.1. The monoisotopic (exact) mass is 455 g/mol. The van der Waals surface area contributed by atoms with E-state index < -0.39 is 42.0 Å². The molecular formula is C23H37NO8. The molecule has 9 nitrogen and oxygen atoms in total. The Morgan fingerprint density at radius 1 is 1.25 bits per heavy atom. The summed E-state index contributed by atoms with van der Waals surface area (Å²) in [6.07, 6.45) is -1.17. The third-order valence-corrected chi connectivity index (χ3v) is 6.81. The van der Waals surface area contributed by atoms with Crippen molar-refractivity contribution in [2.75, 3.05) is 13.2 Å². The number of rotatable bonds is 8. The van der Waals surface area contributed by atoms with Crippen molar-refractivity contribution in [3.05, 3.63) is 11.6 Å². The minimum atomic E-state index is -1.10. The van der Waals surface area contributed by atoms with Gasteiger partial charge >= 0.3 is 6.09 Å². The minimum Gasteiger partial charge on any atom is -0.441 e. The third-order valence-electron chi connectivity index (χ3n) is 6.81. The van der Waals surface area contributed by atoms with Gasteiger partial charge in [0, 0.05) is 17.9 Å². The van der Waals surface area contributed by atoms with E-state index in [1.54, 1.807) is 20.8 Å². The topological polar surface area (TPSA) is 129 Å². The lowest BCUT2D eigenvalue weighted by atomic mass is 9.85. The van der Waals surface area contributed by atoms with Crippen LogP contribution in [0.3, 0.4) is 0 Å². The quantitative estimate of drug-likeness (QED) is 0.370. The van der Waals surface area contributed by atoms with E-state index in [1.807, 2.05) is 13.8 Å². The molecule has 0 radical (unpaired) electrons. The number of epoxide rings is 1. The highest BCUT2D eigenvalue weighted by molar-refractivity contribution is 6.00. The largest absolute Gasteiger partial charge is 0.441 e. The molecule has 2 amide bonds. The van der Waals surface area contributed by atoms with Gasteiger partial charge in [0.1, 0.15) is 11.7 Å². The van der Waals surface area contributed by atoms with Crippen LogP contribution in [0.4, 0.5) is 4.79 Å². The molecule has 3 heterocycles. The van der Waals surface area contributed by atoms with E-state index in [0.29, 0.717) is 12.8 Å². The second kappa shape index (κ2) is 9.77. The van der Waals surface area contributed by atoms with Crippen molar-refractivity contribution in [2.45, 2.75) is 96.1 Å². The molecule has 3 aliphatic heterocycles. The second-order valence-electron chi connectivity index (χ2n) is 10.00. The lowest BCUT2D eigenvalue weighted by molar-refractivity contribution is -0.165. The predicted molar refractivity (Wildman–Crippen MR) is 115 cm³/mol. The summed E-state index contributed by atoms with van der Waals surface area (Å²) in [5.41, 5.74) is 0.00466. The first-order chi connectivity index (χ1) is 14.9. The van der Waals surface area contributed by atoms with Crippen LogP contribution in [0.2, 0.25) is 0 Å². The van der Waals surface area contributed by atoms with Gasteiger partial charge in [0.05, 0.1) is 43.7 Å². The number of imide groups is 1. The van der Waals surface area contributed by atoms with Gasteiger partial charge in [0.25, 0.3) is 5.91 Å². The summed E-state index contributed by atoms with van der Waals surface area (Å²) >= 11 is 0. The van der Waals surface area contributed by atoms with Gasteiger partial charge in [-0.1, -0.05) is 19.4 Å². The Morgan fingerprint density at radius 2 is 1.94 bits per heavy atom. The molecule has 0 aliphatic carbocycles. The van der Waals surface area contributed by atoms with E-state index in [2.05, 4.69) is 0 Å². The summed E-state index contributed by atoms with van der Waals surface area (Å²) in [6.45, 7) is 9.48. The number of carbonyl (C=O) groups excluding carboxylic acids is 2. The summed E-state index contributed by atoms with van der Waals surface area (Å²) in [5.74, 6) is -0.715. The number of aliphatic hydroxyl groups is 3. The Hall–Kier alpha value is -1.52. The smallest absolute Gasteiger partial charge is 0.417 e. The molecule has 8 atom stereocenters. The van der Waals surface area contributed by atoms with Gasteiger partial charge < -0.3 is 29.5 Å². The molecule has 3 saturated heterocycles. The lowest BCUT2D eigenvalue weighted by Gasteiger charge is -2.38. The van der Waals surface area contributed by atoms with Crippen LogP contribution in [-0.4, -0.2) is 87.6 Å². The summed E-state index contributed by atoms with van der Waals surface area (Å²) in [5, 5.41) is 31.0. The van der Waals surface area contributed by atoms with Crippen molar-refractivity contribution >= 4 is 12.0 Å². The Bertz CT molecular complexity index is 736. The van der Waals surface area contributed by atoms with Gasteiger partial charge in [0.2, 0.25) is 0 Å². The molecule has 32 heavy (non-hydrogen) atoms. The van der Waals surface area contributed by atoms with Crippen LogP contribution in [0.25, 0.3) is 0 Å². The summed E-state index contributed by atoms with van der Waals surface area (Å²) in [6, 6.07) is 0. The van der Waals surface area contributed by atoms with E-state index in [9.17, 15) is 24.9 Å². The molecule has 182 valence electrons. The maximum atomic E-state index is 12.6. The third kappa shape index (κ3) is 5.69. The van der Waals surface area contributed by atoms with E-state index in [0.717, 1.165) is 10.5 Å². The molecule has 0 unspecified atom stereocenters. The van der Waals surface area contributed by atoms with Gasteiger partial charge in [-0.3, -0.25) is 4.79 Å². The minimum absolute atomic E-state index is 0.00701. The van der Waals surface area contributed by atoms with Crippen molar-refractivity contribution in [1.82, 2.24) is 4.90 Å². The van der Waals surface area contributed by atoms with Crippen LogP contribution in [0.15, 0.2) is 11.6 Å². The summed E-state index contributed by atoms with van der Waals surface area (Å²) < 4.78 is 16.7. The number of ether oxygens (including phenoxy) is 3. The van der Waals surface area contributed by atoms with Gasteiger partial charge in [-0.25, -0.2) is 9.69 Å². The van der Waals surface area contributed by atoms with Crippen molar-refractivity contribution in [2.24, 2.45) is 11.8 Å². The number of hydrogen-bond acceptors (Lipinski definition) is 8. The standard InChI is InChI=1S/C23H37NO8/c1-6-14(8-18(26)24-11-23(4,5)32-22(24)29)7-16-20(28)19(27)15(10-30-16)9-17-21(31-17)12(2)13(3)25/h8,12-13,15-17,19-21,25,27-28H,6-7,9-11H2,1-5H3/b14-8+/t12-,13-,15-,16-,17-,19+,20-,21-/m0/s1. The fourth-order valence-corrected chi connectivity index (χ4v) is 4.47. The van der Waals surface area contributed by atoms with Crippen LogP contribution in [-0.2, 0) is 19.0 Å². The summed E-state index contributed by atoms with van der Waals surface area (Å²) in [4.78, 5) is 25.6. The summed E-state index contributed by atoms with van der Waals surface area (Å²) in [7, 11) is 0. The molecule has 0 spiro atoms. The normalized spacial score (nSPS) is 36.6. The number of amides is 2. The molecule has 3 rings (SSSR count). The van der Waals surface area contributed by atoms with Crippen LogP contribution in [0.1, 0.15) is 53.9 Å². The van der Waals surface area contributed by atoms with Crippen LogP contribution < -0.4 is 0 Å². The number of carbonyl (C=O) groups is 2. The average molecular weight is 456 g/mol. The van der Waals surface area contributed by atoms with Gasteiger partial charge in [-0.2, -0.15) is 0 Å². The molecule has 3 fully saturated rings. The molecule has 9 heteroatoms. The van der Waals surface area contributed by atoms with Crippen molar-refractivity contribution in [3.8, 4) is 0 Å². The number of hydrogen-bond donors (Lipinski definition) is 3. The average Bonchev–Trinajstić information content (AvgIpc) is 3.42. The Labute approximate surface area is 189 Å². The highest BCUT2D eigenvalue weighted by Crippen LogP contribution is 2.38. The molecule has 0 aromatic carbocycles. The SMILES string of the molecule is CC/C(=C\C(=O)N1CC(C)(C)OC1=O)C[C@@H]1OC[C@H](C[C@@H]2O[C@H]2[C@@H](C)[C@H](C)O)[C@@H](O)[C@H]1O. The van der Waals surface area contributed by atoms with E-state index >= 15 is 0 Å². The Balaban J connectivity index is 1.54. The van der Waals surface area contributed by atoms with Crippen LogP contribution in [0.5, 0.6) is 0 Å². The van der Waals surface area contributed by atoms with Crippen molar-refractivity contribution in [1.29, 1.82) is 0 Å². The molecule has 3 N–H and O–H groups in total. The second-order valence-corrected chi connectivity index (χ2v) is 10.00. The van der Waals surface area contributed by atoms with Gasteiger partial charge in [0.15, 0.2) is 0 Å². The zero-order valence-corrected chi connectivity index (χ0v) is 19.6. The molecule has 3 aliphatic rings. The highest BCUT2D eigenvalue weighted by Gasteiger charge is 2.48. The zero-order valence-electron chi connectivity index (χ0n) is 19.6. The Morgan fingerprint density at radius 3 is 2.50 bits per heavy atom. The fraction of sp³-hybridized carbons (Fsp3) is 0.826.